The lowest BCUT2D eigenvalue weighted by atomic mass is 9.83. The Balaban J connectivity index is 2.34. The monoisotopic (exact) mass is 514 g/mol. The average Bonchev–Trinajstić information content (AvgIpc) is 2.85. The van der Waals surface area contributed by atoms with Gasteiger partial charge in [0.05, 0.1) is 40.3 Å². The topological polar surface area (TPSA) is 129 Å². The van der Waals surface area contributed by atoms with Gasteiger partial charge in [0.15, 0.2) is 0 Å². The minimum absolute atomic E-state index is 0.0662. The Morgan fingerprint density at radius 3 is 1.28 bits per heavy atom. The predicted octanol–water partition coefficient (Wildman–Crippen LogP) is 2.23. The summed E-state index contributed by atoms with van der Waals surface area (Å²) in [6, 6.07) is -1.43. The molecule has 0 aromatic carbocycles. The van der Waals surface area contributed by atoms with Gasteiger partial charge in [-0.15, -0.1) is 0 Å². The molecule has 2 unspecified atom stereocenters. The van der Waals surface area contributed by atoms with E-state index in [4.69, 9.17) is 18.9 Å². The number of esters is 4. The fourth-order valence-electron chi connectivity index (χ4n) is 3.96. The van der Waals surface area contributed by atoms with E-state index >= 15 is 0 Å². The van der Waals surface area contributed by atoms with Gasteiger partial charge >= 0.3 is 23.9 Å². The van der Waals surface area contributed by atoms with Crippen molar-refractivity contribution in [2.45, 2.75) is 78.3 Å². The first-order valence-corrected chi connectivity index (χ1v) is 13.0. The molecule has 0 radical (unpaired) electrons. The summed E-state index contributed by atoms with van der Waals surface area (Å²) in [6.07, 6.45) is 3.32. The summed E-state index contributed by atoms with van der Waals surface area (Å²) in [5.41, 5.74) is 0. The van der Waals surface area contributed by atoms with E-state index in [9.17, 15) is 19.2 Å². The lowest BCUT2D eigenvalue weighted by Gasteiger charge is -2.28. The highest BCUT2D eigenvalue weighted by molar-refractivity contribution is 5.83. The molecule has 0 bridgehead atoms. The Bertz CT molecular complexity index is 631. The molecule has 0 spiro atoms. The quantitative estimate of drug-likeness (QED) is 0.234. The molecular weight excluding hydrogens is 468 g/mol. The van der Waals surface area contributed by atoms with Gasteiger partial charge in [0.2, 0.25) is 0 Å². The first-order valence-electron chi connectivity index (χ1n) is 13.0. The summed E-state index contributed by atoms with van der Waals surface area (Å²) in [5.74, 6) is -0.660. The Labute approximate surface area is 215 Å². The molecule has 1 aliphatic rings. The van der Waals surface area contributed by atoms with Gasteiger partial charge in [0.25, 0.3) is 0 Å². The highest BCUT2D eigenvalue weighted by Crippen LogP contribution is 2.29. The Hall–Kier alpha value is -2.20. The minimum Gasteiger partial charge on any atom is -0.468 e. The van der Waals surface area contributed by atoms with Crippen molar-refractivity contribution in [1.29, 1.82) is 0 Å². The second-order valence-corrected chi connectivity index (χ2v) is 10.4. The van der Waals surface area contributed by atoms with Gasteiger partial charge in [-0.1, -0.05) is 27.7 Å². The fraction of sp³-hybridized carbons (Fsp3) is 0.846. The van der Waals surface area contributed by atoms with Crippen LogP contribution in [0.3, 0.4) is 0 Å². The maximum absolute atomic E-state index is 12.3. The van der Waals surface area contributed by atoms with Gasteiger partial charge in [-0.05, 0) is 62.4 Å². The molecule has 1 aliphatic carbocycles. The molecule has 0 aromatic heterocycles. The van der Waals surface area contributed by atoms with Crippen molar-refractivity contribution in [3.05, 3.63) is 0 Å². The molecule has 36 heavy (non-hydrogen) atoms. The number of carbonyl (C=O) groups is 4. The second kappa shape index (κ2) is 17.3. The largest absolute Gasteiger partial charge is 0.468 e. The van der Waals surface area contributed by atoms with Gasteiger partial charge in [-0.3, -0.25) is 19.2 Å². The van der Waals surface area contributed by atoms with Crippen LogP contribution in [-0.4, -0.2) is 76.5 Å². The normalized spacial score (nSPS) is 19.4. The lowest BCUT2D eigenvalue weighted by molar-refractivity contribution is -0.153. The molecule has 1 rings (SSSR count). The zero-order valence-electron chi connectivity index (χ0n) is 22.8. The number of hydrogen-bond acceptors (Lipinski definition) is 10. The van der Waals surface area contributed by atoms with E-state index in [1.165, 1.54) is 14.2 Å². The van der Waals surface area contributed by atoms with Crippen LogP contribution in [-0.2, 0) is 38.1 Å². The predicted molar refractivity (Wildman–Crippen MR) is 134 cm³/mol. The van der Waals surface area contributed by atoms with Crippen molar-refractivity contribution >= 4 is 23.9 Å². The maximum atomic E-state index is 12.3. The van der Waals surface area contributed by atoms with Crippen LogP contribution in [0.4, 0.5) is 0 Å². The molecular formula is C26H46N2O8. The second-order valence-electron chi connectivity index (χ2n) is 10.4. The van der Waals surface area contributed by atoms with Crippen molar-refractivity contribution in [1.82, 2.24) is 10.6 Å². The highest BCUT2D eigenvalue weighted by Gasteiger charge is 2.27. The molecule has 0 aliphatic heterocycles. The third kappa shape index (κ3) is 13.2. The highest BCUT2D eigenvalue weighted by atomic mass is 16.5. The van der Waals surface area contributed by atoms with E-state index in [1.807, 2.05) is 27.7 Å². The van der Waals surface area contributed by atoms with E-state index in [2.05, 4.69) is 10.6 Å². The molecule has 1 fully saturated rings. The van der Waals surface area contributed by atoms with Crippen molar-refractivity contribution in [2.75, 3.05) is 40.5 Å². The smallest absolute Gasteiger partial charge is 0.323 e. The zero-order chi connectivity index (χ0) is 27.1. The van der Waals surface area contributed by atoms with Crippen molar-refractivity contribution in [3.8, 4) is 0 Å². The summed E-state index contributed by atoms with van der Waals surface area (Å²) in [4.78, 5) is 48.4. The lowest BCUT2D eigenvalue weighted by Crippen LogP contribution is -2.41. The van der Waals surface area contributed by atoms with E-state index in [0.29, 0.717) is 38.1 Å². The van der Waals surface area contributed by atoms with Gasteiger partial charge in [-0.2, -0.15) is 0 Å². The van der Waals surface area contributed by atoms with Crippen molar-refractivity contribution < 1.29 is 38.1 Å². The summed E-state index contributed by atoms with van der Waals surface area (Å²) < 4.78 is 20.4. The molecule has 10 heteroatoms. The molecule has 0 amide bonds. The van der Waals surface area contributed by atoms with E-state index in [1.54, 1.807) is 0 Å². The zero-order valence-corrected chi connectivity index (χ0v) is 22.8. The third-order valence-electron chi connectivity index (χ3n) is 6.18. The summed E-state index contributed by atoms with van der Waals surface area (Å²) in [6.45, 7) is 9.88. The Kier molecular flexibility index (Phi) is 15.3. The number of methoxy groups -OCH3 is 2. The number of nitrogens with one attached hydrogen (secondary N) is 2. The van der Waals surface area contributed by atoms with Crippen molar-refractivity contribution in [3.63, 3.8) is 0 Å². The SMILES string of the molecule is COC(=O)C(CC(=O)OCC1CCC(COC(=O)CC(NCC(C)C)C(=O)OC)CC1)NCC(C)C. The van der Waals surface area contributed by atoms with E-state index in [-0.39, 0.29) is 24.7 Å². The molecule has 2 N–H and O–H groups in total. The van der Waals surface area contributed by atoms with Gasteiger partial charge in [0, 0.05) is 0 Å². The molecule has 10 nitrogen and oxygen atoms in total. The molecule has 0 heterocycles. The Morgan fingerprint density at radius 1 is 0.667 bits per heavy atom. The number of ether oxygens (including phenoxy) is 4. The standard InChI is InChI=1S/C26H46N2O8/c1-17(2)13-27-21(25(31)33-5)11-23(29)35-15-19-7-9-20(10-8-19)16-36-24(30)12-22(26(32)34-6)28-14-18(3)4/h17-22,27-28H,7-16H2,1-6H3. The molecule has 0 saturated heterocycles. The van der Waals surface area contributed by atoms with Crippen molar-refractivity contribution in [2.24, 2.45) is 23.7 Å². The molecule has 1 saturated carbocycles. The maximum Gasteiger partial charge on any atom is 0.323 e. The van der Waals surface area contributed by atoms with Crippen LogP contribution in [0, 0.1) is 23.7 Å². The van der Waals surface area contributed by atoms with Crippen LogP contribution in [0.25, 0.3) is 0 Å². The van der Waals surface area contributed by atoms with Gasteiger partial charge < -0.3 is 29.6 Å². The van der Waals surface area contributed by atoms with E-state index in [0.717, 1.165) is 25.7 Å². The molecule has 0 aromatic rings. The van der Waals surface area contributed by atoms with E-state index < -0.39 is 36.0 Å². The fourth-order valence-corrected chi connectivity index (χ4v) is 3.96. The summed E-state index contributed by atoms with van der Waals surface area (Å²) in [5, 5.41) is 6.11. The number of hydrogen-bond donors (Lipinski definition) is 2. The molecule has 208 valence electrons. The van der Waals surface area contributed by atoms with Crippen LogP contribution in [0.2, 0.25) is 0 Å². The third-order valence-corrected chi connectivity index (χ3v) is 6.18. The number of rotatable bonds is 16. The molecule has 2 atom stereocenters. The average molecular weight is 515 g/mol. The first kappa shape index (κ1) is 31.8. The van der Waals surface area contributed by atoms with Crippen LogP contribution >= 0.6 is 0 Å². The van der Waals surface area contributed by atoms with Gasteiger partial charge in [-0.25, -0.2) is 0 Å². The van der Waals surface area contributed by atoms with Crippen LogP contribution in [0.15, 0.2) is 0 Å². The summed E-state index contributed by atoms with van der Waals surface area (Å²) in [7, 11) is 2.60. The summed E-state index contributed by atoms with van der Waals surface area (Å²) >= 11 is 0. The Morgan fingerprint density at radius 2 is 1.00 bits per heavy atom. The first-order chi connectivity index (χ1) is 17.0. The van der Waals surface area contributed by atoms with Gasteiger partial charge in [0.1, 0.15) is 12.1 Å². The minimum atomic E-state index is -0.713. The van der Waals surface area contributed by atoms with Crippen LogP contribution < -0.4 is 10.6 Å². The number of carbonyl (C=O) groups excluding carboxylic acids is 4. The van der Waals surface area contributed by atoms with Crippen LogP contribution in [0.5, 0.6) is 0 Å². The van der Waals surface area contributed by atoms with Crippen LogP contribution in [0.1, 0.15) is 66.2 Å².